The molecule has 0 aliphatic carbocycles. The number of halogens is 1. The molecule has 0 aromatic heterocycles. The molecule has 0 bridgehead atoms. The first kappa shape index (κ1) is 14.7. The van der Waals surface area contributed by atoms with Gasteiger partial charge in [-0.2, -0.15) is 0 Å². The quantitative estimate of drug-likeness (QED) is 0.594. The molecule has 21 heavy (non-hydrogen) atoms. The van der Waals surface area contributed by atoms with Gasteiger partial charge in [-0.25, -0.2) is 4.39 Å². The highest BCUT2D eigenvalue weighted by Crippen LogP contribution is 2.22. The van der Waals surface area contributed by atoms with Crippen LogP contribution in [0.15, 0.2) is 54.6 Å². The van der Waals surface area contributed by atoms with Crippen molar-refractivity contribution >= 4 is 11.9 Å². The van der Waals surface area contributed by atoms with Gasteiger partial charge < -0.3 is 5.73 Å². The molecule has 0 spiro atoms. The highest BCUT2D eigenvalue weighted by Gasteiger charge is 2.22. The Morgan fingerprint density at radius 2 is 1.76 bits per heavy atom. The van der Waals surface area contributed by atoms with E-state index < -0.39 is 17.8 Å². The van der Waals surface area contributed by atoms with E-state index in [1.54, 1.807) is 30.3 Å². The Bertz CT molecular complexity index is 643. The van der Waals surface area contributed by atoms with Gasteiger partial charge in [-0.1, -0.05) is 48.5 Å². The van der Waals surface area contributed by atoms with Gasteiger partial charge in [0.05, 0.1) is 5.92 Å². The van der Waals surface area contributed by atoms with Crippen LogP contribution in [-0.2, 0) is 11.2 Å². The van der Waals surface area contributed by atoms with Crippen molar-refractivity contribution in [3.05, 3.63) is 71.5 Å². The Hall–Kier alpha value is -2.69. The molecule has 0 aliphatic heterocycles. The third-order valence-electron chi connectivity index (χ3n) is 3.16. The van der Waals surface area contributed by atoms with Gasteiger partial charge in [0, 0.05) is 0 Å². The number of rotatable bonds is 4. The van der Waals surface area contributed by atoms with Gasteiger partial charge in [0.2, 0.25) is 5.91 Å². The van der Waals surface area contributed by atoms with Crippen LogP contribution in [0.3, 0.4) is 0 Å². The van der Waals surface area contributed by atoms with Crippen molar-refractivity contribution in [3.63, 3.8) is 0 Å². The maximum atomic E-state index is 13.8. The summed E-state index contributed by atoms with van der Waals surface area (Å²) in [5.74, 6) is -1.80. The zero-order valence-electron chi connectivity index (χ0n) is 11.3. The van der Waals surface area contributed by atoms with E-state index in [9.17, 15) is 9.18 Å². The third-order valence-corrected chi connectivity index (χ3v) is 3.16. The maximum Gasteiger partial charge on any atom is 0.234 e. The molecule has 1 amide bonds. The second-order valence-corrected chi connectivity index (χ2v) is 4.66. The average molecular weight is 285 g/mol. The van der Waals surface area contributed by atoms with Crippen LogP contribution in [0.4, 0.5) is 4.39 Å². The summed E-state index contributed by atoms with van der Waals surface area (Å²) in [6.07, 6.45) is 0.204. The van der Waals surface area contributed by atoms with Gasteiger partial charge in [-0.3, -0.25) is 15.5 Å². The van der Waals surface area contributed by atoms with Gasteiger partial charge in [0.25, 0.3) is 0 Å². The summed E-state index contributed by atoms with van der Waals surface area (Å²) >= 11 is 0. The number of nitrogens with two attached hydrogens (primary N) is 1. The van der Waals surface area contributed by atoms with E-state index in [1.165, 1.54) is 6.07 Å². The lowest BCUT2D eigenvalue weighted by Gasteiger charge is -2.17. The van der Waals surface area contributed by atoms with E-state index in [2.05, 4.69) is 5.32 Å². The number of guanidine groups is 1. The van der Waals surface area contributed by atoms with E-state index in [-0.39, 0.29) is 12.2 Å². The van der Waals surface area contributed by atoms with Crippen LogP contribution in [0.1, 0.15) is 17.0 Å². The fourth-order valence-electron chi connectivity index (χ4n) is 2.15. The van der Waals surface area contributed by atoms with Crippen molar-refractivity contribution in [2.24, 2.45) is 5.73 Å². The van der Waals surface area contributed by atoms with Crippen molar-refractivity contribution in [1.29, 1.82) is 5.41 Å². The molecule has 0 fully saturated rings. The minimum Gasteiger partial charge on any atom is -0.370 e. The highest BCUT2D eigenvalue weighted by molar-refractivity contribution is 5.98. The first-order valence-electron chi connectivity index (χ1n) is 6.51. The number of carbonyl (C=O) groups excluding carboxylic acids is 1. The minimum absolute atomic E-state index is 0.204. The first-order chi connectivity index (χ1) is 10.1. The molecule has 0 saturated carbocycles. The Kier molecular flexibility index (Phi) is 4.66. The van der Waals surface area contributed by atoms with Crippen LogP contribution >= 0.6 is 0 Å². The molecule has 4 N–H and O–H groups in total. The van der Waals surface area contributed by atoms with Gasteiger partial charge >= 0.3 is 0 Å². The molecule has 108 valence electrons. The Labute approximate surface area is 122 Å². The fraction of sp³-hybridized carbons (Fsp3) is 0.125. The van der Waals surface area contributed by atoms with Crippen LogP contribution in [0, 0.1) is 11.2 Å². The standard InChI is InChI=1S/C16H16FN3O/c17-14-9-5-4-8-12(14)10-13(15(21)20-16(18)19)11-6-2-1-3-7-11/h1-9,13H,10H2,(H4,18,19,20,21)/t13-/m0/s1. The zero-order valence-corrected chi connectivity index (χ0v) is 11.3. The average Bonchev–Trinajstić information content (AvgIpc) is 2.46. The molecule has 0 aliphatic rings. The molecule has 0 radical (unpaired) electrons. The second kappa shape index (κ2) is 6.65. The smallest absolute Gasteiger partial charge is 0.234 e. The number of amides is 1. The van der Waals surface area contributed by atoms with Crippen LogP contribution in [-0.4, -0.2) is 11.9 Å². The van der Waals surface area contributed by atoms with E-state index in [1.807, 2.05) is 18.2 Å². The van der Waals surface area contributed by atoms with Crippen LogP contribution in [0.2, 0.25) is 0 Å². The normalized spacial score (nSPS) is 11.7. The van der Waals surface area contributed by atoms with Crippen LogP contribution in [0.25, 0.3) is 0 Å². The lowest BCUT2D eigenvalue weighted by molar-refractivity contribution is -0.121. The second-order valence-electron chi connectivity index (χ2n) is 4.66. The molecule has 0 heterocycles. The highest BCUT2D eigenvalue weighted by atomic mass is 19.1. The monoisotopic (exact) mass is 285 g/mol. The van der Waals surface area contributed by atoms with Crippen molar-refractivity contribution in [1.82, 2.24) is 5.32 Å². The number of carbonyl (C=O) groups is 1. The van der Waals surface area contributed by atoms with Gasteiger partial charge in [-0.05, 0) is 23.6 Å². The van der Waals surface area contributed by atoms with Crippen LogP contribution < -0.4 is 11.1 Å². The summed E-state index contributed by atoms with van der Waals surface area (Å²) in [7, 11) is 0. The molecule has 5 heteroatoms. The van der Waals surface area contributed by atoms with Crippen molar-refractivity contribution < 1.29 is 9.18 Å². The SMILES string of the molecule is N=C(N)NC(=O)[C@@H](Cc1ccccc1F)c1ccccc1. The lowest BCUT2D eigenvalue weighted by Crippen LogP contribution is -2.39. The third kappa shape index (κ3) is 3.89. The molecule has 0 unspecified atom stereocenters. The van der Waals surface area contributed by atoms with Crippen molar-refractivity contribution in [2.45, 2.75) is 12.3 Å². The maximum absolute atomic E-state index is 13.8. The van der Waals surface area contributed by atoms with E-state index in [0.29, 0.717) is 5.56 Å². The molecule has 2 aromatic carbocycles. The number of benzene rings is 2. The van der Waals surface area contributed by atoms with Crippen molar-refractivity contribution in [2.75, 3.05) is 0 Å². The summed E-state index contributed by atoms with van der Waals surface area (Å²) in [4.78, 5) is 12.2. The minimum atomic E-state index is -0.605. The summed E-state index contributed by atoms with van der Waals surface area (Å²) in [5, 5.41) is 9.46. The Balaban J connectivity index is 2.30. The predicted octanol–water partition coefficient (Wildman–Crippen LogP) is 2.16. The lowest BCUT2D eigenvalue weighted by atomic mass is 9.91. The van der Waals surface area contributed by atoms with E-state index >= 15 is 0 Å². The number of hydrogen-bond acceptors (Lipinski definition) is 2. The van der Waals surface area contributed by atoms with Crippen LogP contribution in [0.5, 0.6) is 0 Å². The number of hydrogen-bond donors (Lipinski definition) is 3. The summed E-state index contributed by atoms with van der Waals surface area (Å²) in [5.41, 5.74) is 6.41. The Morgan fingerprint density at radius 1 is 1.14 bits per heavy atom. The molecule has 2 aromatic rings. The largest absolute Gasteiger partial charge is 0.370 e. The van der Waals surface area contributed by atoms with E-state index in [0.717, 1.165) is 5.56 Å². The zero-order chi connectivity index (χ0) is 15.2. The van der Waals surface area contributed by atoms with Gasteiger partial charge in [0.1, 0.15) is 5.82 Å². The first-order valence-corrected chi connectivity index (χ1v) is 6.51. The fourth-order valence-corrected chi connectivity index (χ4v) is 2.15. The summed E-state index contributed by atoms with van der Waals surface area (Å²) in [6.45, 7) is 0. The Morgan fingerprint density at radius 3 is 2.38 bits per heavy atom. The molecular weight excluding hydrogens is 269 g/mol. The topological polar surface area (TPSA) is 79.0 Å². The van der Waals surface area contributed by atoms with Crippen molar-refractivity contribution in [3.8, 4) is 0 Å². The molecular formula is C16H16FN3O. The molecule has 2 rings (SSSR count). The molecule has 4 nitrogen and oxygen atoms in total. The molecule has 1 atom stereocenters. The summed E-state index contributed by atoms with van der Waals surface area (Å²) in [6, 6.07) is 15.4. The molecule has 0 saturated heterocycles. The van der Waals surface area contributed by atoms with E-state index in [4.69, 9.17) is 11.1 Å². The number of nitrogens with one attached hydrogen (secondary N) is 2. The van der Waals surface area contributed by atoms with Gasteiger partial charge in [-0.15, -0.1) is 0 Å². The van der Waals surface area contributed by atoms with Gasteiger partial charge in [0.15, 0.2) is 5.96 Å². The summed E-state index contributed by atoms with van der Waals surface area (Å²) < 4.78 is 13.8. The predicted molar refractivity (Wildman–Crippen MR) is 79.3 cm³/mol.